The Morgan fingerprint density at radius 3 is 2.28 bits per heavy atom. The van der Waals surface area contributed by atoms with Gasteiger partial charge in [-0.2, -0.15) is 0 Å². The first kappa shape index (κ1) is 15.1. The van der Waals surface area contributed by atoms with Gasteiger partial charge in [0.1, 0.15) is 5.82 Å². The Morgan fingerprint density at radius 2 is 1.78 bits per heavy atom. The zero-order chi connectivity index (χ0) is 13.7. The van der Waals surface area contributed by atoms with Gasteiger partial charge in [0.2, 0.25) is 0 Å². The first-order chi connectivity index (χ1) is 8.45. The van der Waals surface area contributed by atoms with Crippen molar-refractivity contribution in [1.82, 2.24) is 4.90 Å². The largest absolute Gasteiger partial charge is 0.323 e. The van der Waals surface area contributed by atoms with Crippen LogP contribution in [0.15, 0.2) is 24.3 Å². The molecule has 0 aliphatic heterocycles. The van der Waals surface area contributed by atoms with E-state index < -0.39 is 0 Å². The van der Waals surface area contributed by atoms with Crippen LogP contribution in [-0.2, 0) is 0 Å². The average molecular weight is 252 g/mol. The molecule has 2 N–H and O–H groups in total. The first-order valence-electron chi connectivity index (χ1n) is 6.67. The van der Waals surface area contributed by atoms with E-state index >= 15 is 0 Å². The number of hydrogen-bond acceptors (Lipinski definition) is 2. The molecule has 0 bridgehead atoms. The van der Waals surface area contributed by atoms with Crippen molar-refractivity contribution in [2.24, 2.45) is 11.7 Å². The number of likely N-dealkylation sites (N-methyl/N-ethyl adjacent to an activating group) is 1. The highest BCUT2D eigenvalue weighted by Gasteiger charge is 2.20. The van der Waals surface area contributed by atoms with E-state index in [-0.39, 0.29) is 17.9 Å². The van der Waals surface area contributed by atoms with Crippen molar-refractivity contribution in [2.75, 3.05) is 13.6 Å². The number of halogens is 1. The third-order valence-corrected chi connectivity index (χ3v) is 3.77. The van der Waals surface area contributed by atoms with Crippen LogP contribution < -0.4 is 5.73 Å². The summed E-state index contributed by atoms with van der Waals surface area (Å²) in [6.07, 6.45) is 1.17. The van der Waals surface area contributed by atoms with Crippen LogP contribution in [0.2, 0.25) is 0 Å². The van der Waals surface area contributed by atoms with E-state index in [4.69, 9.17) is 5.73 Å². The minimum Gasteiger partial charge on any atom is -0.323 e. The second kappa shape index (κ2) is 6.86. The van der Waals surface area contributed by atoms with Crippen molar-refractivity contribution < 1.29 is 4.39 Å². The minimum absolute atomic E-state index is 0.0837. The van der Waals surface area contributed by atoms with Gasteiger partial charge in [0.15, 0.2) is 0 Å². The maximum atomic E-state index is 12.9. The van der Waals surface area contributed by atoms with Gasteiger partial charge < -0.3 is 10.6 Å². The smallest absolute Gasteiger partial charge is 0.123 e. The Hall–Kier alpha value is -0.930. The lowest BCUT2D eigenvalue weighted by Crippen LogP contribution is -2.40. The quantitative estimate of drug-likeness (QED) is 0.842. The van der Waals surface area contributed by atoms with Crippen molar-refractivity contribution in [3.05, 3.63) is 35.6 Å². The highest BCUT2D eigenvalue weighted by atomic mass is 19.1. The number of nitrogens with two attached hydrogens (primary N) is 1. The molecule has 0 fully saturated rings. The highest BCUT2D eigenvalue weighted by molar-refractivity contribution is 5.20. The summed E-state index contributed by atoms with van der Waals surface area (Å²) < 4.78 is 12.9. The molecule has 1 rings (SSSR count). The molecular weight excluding hydrogens is 227 g/mol. The van der Waals surface area contributed by atoms with E-state index in [9.17, 15) is 4.39 Å². The third-order valence-electron chi connectivity index (χ3n) is 3.77. The maximum absolute atomic E-state index is 12.9. The molecule has 102 valence electrons. The van der Waals surface area contributed by atoms with Crippen LogP contribution in [0.4, 0.5) is 4.39 Å². The Kier molecular flexibility index (Phi) is 5.76. The topological polar surface area (TPSA) is 29.3 Å². The molecular formula is C15H25FN2. The monoisotopic (exact) mass is 252 g/mol. The van der Waals surface area contributed by atoms with Crippen LogP contribution in [0.3, 0.4) is 0 Å². The third kappa shape index (κ3) is 4.07. The molecule has 0 saturated carbocycles. The lowest BCUT2D eigenvalue weighted by Gasteiger charge is -2.31. The SMILES string of the molecule is CCC(C)CN(C)C(C)C(N)c1ccc(F)cc1. The van der Waals surface area contributed by atoms with Gasteiger partial charge in [-0.25, -0.2) is 4.39 Å². The molecule has 0 saturated heterocycles. The average Bonchev–Trinajstić information content (AvgIpc) is 2.37. The van der Waals surface area contributed by atoms with E-state index in [1.165, 1.54) is 18.6 Å². The molecule has 0 spiro atoms. The standard InChI is InChI=1S/C15H25FN2/c1-5-11(2)10-18(4)12(3)15(17)13-6-8-14(16)9-7-13/h6-9,11-12,15H,5,10,17H2,1-4H3. The van der Waals surface area contributed by atoms with Crippen LogP contribution in [0.25, 0.3) is 0 Å². The van der Waals surface area contributed by atoms with Crippen molar-refractivity contribution in [1.29, 1.82) is 0 Å². The predicted molar refractivity (Wildman–Crippen MR) is 74.9 cm³/mol. The van der Waals surface area contributed by atoms with Crippen LogP contribution in [0.5, 0.6) is 0 Å². The van der Waals surface area contributed by atoms with Gasteiger partial charge in [-0.3, -0.25) is 0 Å². The lowest BCUT2D eigenvalue weighted by molar-refractivity contribution is 0.197. The van der Waals surface area contributed by atoms with E-state index in [0.29, 0.717) is 5.92 Å². The van der Waals surface area contributed by atoms with E-state index in [1.807, 2.05) is 0 Å². The Morgan fingerprint density at radius 1 is 1.22 bits per heavy atom. The fourth-order valence-electron chi connectivity index (χ4n) is 2.02. The first-order valence-corrected chi connectivity index (χ1v) is 6.67. The number of nitrogens with zero attached hydrogens (tertiary/aromatic N) is 1. The van der Waals surface area contributed by atoms with E-state index in [0.717, 1.165) is 12.1 Å². The molecule has 1 aromatic rings. The molecule has 3 heteroatoms. The molecule has 0 aliphatic carbocycles. The fourth-order valence-corrected chi connectivity index (χ4v) is 2.02. The van der Waals surface area contributed by atoms with Gasteiger partial charge in [0, 0.05) is 18.6 Å². The van der Waals surface area contributed by atoms with E-state index in [2.05, 4.69) is 32.7 Å². The zero-order valence-corrected chi connectivity index (χ0v) is 11.9. The molecule has 0 heterocycles. The van der Waals surface area contributed by atoms with Crippen molar-refractivity contribution in [3.8, 4) is 0 Å². The number of benzene rings is 1. The summed E-state index contributed by atoms with van der Waals surface area (Å²) >= 11 is 0. The molecule has 0 radical (unpaired) electrons. The second-order valence-electron chi connectivity index (χ2n) is 5.27. The van der Waals surface area contributed by atoms with E-state index in [1.54, 1.807) is 12.1 Å². The molecule has 3 unspecified atom stereocenters. The van der Waals surface area contributed by atoms with Gasteiger partial charge in [-0.1, -0.05) is 32.4 Å². The summed E-state index contributed by atoms with van der Waals surface area (Å²) in [4.78, 5) is 2.28. The summed E-state index contributed by atoms with van der Waals surface area (Å²) in [5.74, 6) is 0.449. The maximum Gasteiger partial charge on any atom is 0.123 e. The van der Waals surface area contributed by atoms with Crippen molar-refractivity contribution in [3.63, 3.8) is 0 Å². The Balaban J connectivity index is 2.65. The van der Waals surface area contributed by atoms with Gasteiger partial charge in [0.05, 0.1) is 0 Å². The molecule has 1 aromatic carbocycles. The van der Waals surface area contributed by atoms with Gasteiger partial charge in [-0.05, 0) is 37.6 Å². The number of rotatable bonds is 6. The van der Waals surface area contributed by atoms with Crippen molar-refractivity contribution in [2.45, 2.75) is 39.3 Å². The normalized spacial score (nSPS) is 16.6. The van der Waals surface area contributed by atoms with Gasteiger partial charge in [-0.15, -0.1) is 0 Å². The summed E-state index contributed by atoms with van der Waals surface area (Å²) in [6.45, 7) is 7.60. The molecule has 18 heavy (non-hydrogen) atoms. The van der Waals surface area contributed by atoms with Crippen molar-refractivity contribution >= 4 is 0 Å². The van der Waals surface area contributed by atoms with Crippen LogP contribution in [0.1, 0.15) is 38.8 Å². The molecule has 0 aromatic heterocycles. The van der Waals surface area contributed by atoms with Gasteiger partial charge in [0.25, 0.3) is 0 Å². The molecule has 3 atom stereocenters. The fraction of sp³-hybridized carbons (Fsp3) is 0.600. The van der Waals surface area contributed by atoms with Crippen LogP contribution >= 0.6 is 0 Å². The van der Waals surface area contributed by atoms with Crippen LogP contribution in [0, 0.1) is 11.7 Å². The van der Waals surface area contributed by atoms with Crippen LogP contribution in [-0.4, -0.2) is 24.5 Å². The zero-order valence-electron chi connectivity index (χ0n) is 11.9. The number of hydrogen-bond donors (Lipinski definition) is 1. The highest BCUT2D eigenvalue weighted by Crippen LogP contribution is 2.19. The summed E-state index contributed by atoms with van der Waals surface area (Å²) in [5, 5.41) is 0. The summed E-state index contributed by atoms with van der Waals surface area (Å²) in [5.41, 5.74) is 7.23. The summed E-state index contributed by atoms with van der Waals surface area (Å²) in [6, 6.07) is 6.64. The minimum atomic E-state index is -0.216. The summed E-state index contributed by atoms with van der Waals surface area (Å²) in [7, 11) is 2.10. The lowest BCUT2D eigenvalue weighted by atomic mass is 9.99. The molecule has 0 aliphatic rings. The second-order valence-corrected chi connectivity index (χ2v) is 5.27. The van der Waals surface area contributed by atoms with Gasteiger partial charge >= 0.3 is 0 Å². The molecule has 2 nitrogen and oxygen atoms in total. The Labute approximate surface area is 110 Å². The molecule has 0 amide bonds. The predicted octanol–water partition coefficient (Wildman–Crippen LogP) is 3.19. The Bertz CT molecular complexity index is 350.